The molecular weight excluding hydrogens is 597 g/mol. The van der Waals surface area contributed by atoms with Crippen LogP contribution in [0.4, 0.5) is 0 Å². The first-order chi connectivity index (χ1) is 20.5. The summed E-state index contributed by atoms with van der Waals surface area (Å²) in [6, 6.07) is 12.7. The van der Waals surface area contributed by atoms with Crippen LogP contribution in [0.5, 0.6) is 5.75 Å². The standard InChI is InChI=1S/C29H36N3O9PS/c1-18(26(35)39-20-11-4-3-5-12-20)31-42(37,41-22-14-8-10-19-9-6-7-13-21(19)22)38-17-23-25(34)29(2,36)27(40-23)32-16-15-24(33)30-28(32)43/h6-10,13-16,18,20,23,25,27,34,36H,3-5,11-12,17H2,1-2H3,(H,31,37)(H,30,33,43)/t18-,23+,25-,27+,29?,42+/m0/s1. The molecule has 1 aliphatic carbocycles. The van der Waals surface area contributed by atoms with E-state index in [0.29, 0.717) is 5.39 Å². The van der Waals surface area contributed by atoms with E-state index in [1.54, 1.807) is 18.2 Å². The summed E-state index contributed by atoms with van der Waals surface area (Å²) < 4.78 is 38.9. The lowest BCUT2D eigenvalue weighted by Gasteiger charge is -2.28. The fourth-order valence-electron chi connectivity index (χ4n) is 5.40. The molecule has 5 rings (SSSR count). The monoisotopic (exact) mass is 633 g/mol. The number of carbonyl (C=O) groups is 1. The molecule has 0 bridgehead atoms. The largest absolute Gasteiger partial charge is 0.461 e. The Morgan fingerprint density at radius 1 is 1.21 bits per heavy atom. The van der Waals surface area contributed by atoms with Crippen molar-refractivity contribution in [3.05, 3.63) is 69.9 Å². The van der Waals surface area contributed by atoms with E-state index in [4.69, 9.17) is 30.7 Å². The van der Waals surface area contributed by atoms with Crippen LogP contribution in [0.25, 0.3) is 10.8 Å². The van der Waals surface area contributed by atoms with Crippen LogP contribution < -0.4 is 15.2 Å². The van der Waals surface area contributed by atoms with E-state index in [-0.39, 0.29) is 16.6 Å². The van der Waals surface area contributed by atoms with E-state index in [9.17, 15) is 24.4 Å². The van der Waals surface area contributed by atoms with Crippen LogP contribution in [0.15, 0.2) is 59.5 Å². The van der Waals surface area contributed by atoms with Gasteiger partial charge >= 0.3 is 13.7 Å². The number of nitrogens with one attached hydrogen (secondary N) is 2. The number of nitrogens with zero attached hydrogens (tertiary/aromatic N) is 1. The van der Waals surface area contributed by atoms with Crippen molar-refractivity contribution in [1.29, 1.82) is 0 Å². The zero-order valence-electron chi connectivity index (χ0n) is 23.9. The topological polar surface area (TPSA) is 161 Å². The highest BCUT2D eigenvalue weighted by molar-refractivity contribution is 7.71. The van der Waals surface area contributed by atoms with Crippen LogP contribution >= 0.6 is 20.0 Å². The highest BCUT2D eigenvalue weighted by Gasteiger charge is 2.54. The van der Waals surface area contributed by atoms with Crippen LogP contribution in [0.3, 0.4) is 0 Å². The minimum Gasteiger partial charge on any atom is -0.461 e. The maximum absolute atomic E-state index is 14.3. The Labute approximate surface area is 253 Å². The van der Waals surface area contributed by atoms with E-state index in [1.807, 2.05) is 24.3 Å². The molecule has 1 saturated carbocycles. The van der Waals surface area contributed by atoms with Gasteiger partial charge in [-0.3, -0.25) is 23.7 Å². The van der Waals surface area contributed by atoms with Crippen molar-refractivity contribution < 1.29 is 38.1 Å². The smallest absolute Gasteiger partial charge is 0.459 e. The Balaban J connectivity index is 1.37. The summed E-state index contributed by atoms with van der Waals surface area (Å²) in [4.78, 5) is 27.0. The Hall–Kier alpha value is -2.90. The summed E-state index contributed by atoms with van der Waals surface area (Å²) in [5.74, 6) is -0.344. The summed E-state index contributed by atoms with van der Waals surface area (Å²) in [6.07, 6.45) is 1.84. The molecule has 0 amide bonds. The molecule has 1 aliphatic heterocycles. The van der Waals surface area contributed by atoms with Gasteiger partial charge in [0.15, 0.2) is 11.0 Å². The van der Waals surface area contributed by atoms with Gasteiger partial charge in [0.05, 0.1) is 6.61 Å². The second-order valence-corrected chi connectivity index (χ2v) is 13.2. The maximum Gasteiger partial charge on any atom is 0.459 e. The molecule has 43 heavy (non-hydrogen) atoms. The molecule has 14 heteroatoms. The Bertz CT molecular complexity index is 1610. The van der Waals surface area contributed by atoms with Gasteiger partial charge in [0.25, 0.3) is 5.56 Å². The number of aromatic amines is 1. The quantitative estimate of drug-likeness (QED) is 0.144. The van der Waals surface area contributed by atoms with E-state index in [2.05, 4.69) is 10.1 Å². The molecule has 232 valence electrons. The molecule has 1 unspecified atom stereocenters. The number of carbonyl (C=O) groups excluding carboxylic acids is 1. The summed E-state index contributed by atoms with van der Waals surface area (Å²) >= 11 is 5.21. The van der Waals surface area contributed by atoms with Crippen molar-refractivity contribution in [2.75, 3.05) is 6.61 Å². The lowest BCUT2D eigenvalue weighted by molar-refractivity contribution is -0.152. The van der Waals surface area contributed by atoms with Crippen molar-refractivity contribution in [1.82, 2.24) is 14.6 Å². The summed E-state index contributed by atoms with van der Waals surface area (Å²) in [5.41, 5.74) is -2.30. The molecule has 2 aliphatic rings. The summed E-state index contributed by atoms with van der Waals surface area (Å²) in [6.45, 7) is 2.36. The average molecular weight is 634 g/mol. The van der Waals surface area contributed by atoms with Gasteiger partial charge in [0, 0.05) is 17.6 Å². The maximum atomic E-state index is 14.3. The van der Waals surface area contributed by atoms with Gasteiger partial charge in [-0.25, -0.2) is 4.57 Å². The van der Waals surface area contributed by atoms with Crippen LogP contribution in [0.1, 0.15) is 52.2 Å². The fraction of sp³-hybridized carbons (Fsp3) is 0.483. The van der Waals surface area contributed by atoms with Crippen molar-refractivity contribution in [2.45, 2.75) is 82.1 Å². The van der Waals surface area contributed by atoms with Gasteiger partial charge in [0.2, 0.25) is 0 Å². The van der Waals surface area contributed by atoms with Gasteiger partial charge < -0.3 is 24.2 Å². The first kappa shape index (κ1) is 31.5. The number of aliphatic hydroxyl groups excluding tert-OH is 1. The number of hydrogen-bond acceptors (Lipinski definition) is 10. The number of benzene rings is 2. The third-order valence-corrected chi connectivity index (χ3v) is 9.72. The van der Waals surface area contributed by atoms with E-state index < -0.39 is 56.0 Å². The zero-order chi connectivity index (χ0) is 30.8. The predicted octanol–water partition coefficient (Wildman–Crippen LogP) is 4.13. The number of esters is 1. The highest BCUT2D eigenvalue weighted by Crippen LogP contribution is 2.48. The normalized spacial score (nSPS) is 26.6. The molecule has 12 nitrogen and oxygen atoms in total. The molecule has 2 fully saturated rings. The molecule has 1 aromatic heterocycles. The molecule has 2 aromatic carbocycles. The number of H-pyrrole nitrogens is 1. The number of rotatable bonds is 10. The van der Waals surface area contributed by atoms with Crippen LogP contribution in [-0.2, 0) is 23.4 Å². The number of aromatic nitrogens is 2. The number of ether oxygens (including phenoxy) is 2. The van der Waals surface area contributed by atoms with Gasteiger partial charge in [-0.15, -0.1) is 0 Å². The molecule has 3 aromatic rings. The van der Waals surface area contributed by atoms with E-state index in [0.717, 1.165) is 37.5 Å². The number of hydrogen-bond donors (Lipinski definition) is 4. The molecular formula is C29H36N3O9PS. The molecule has 2 heterocycles. The van der Waals surface area contributed by atoms with Gasteiger partial charge in [-0.1, -0.05) is 42.8 Å². The second-order valence-electron chi connectivity index (χ2n) is 11.1. The average Bonchev–Trinajstić information content (AvgIpc) is 3.20. The fourth-order valence-corrected chi connectivity index (χ4v) is 7.17. The Morgan fingerprint density at radius 3 is 2.67 bits per heavy atom. The first-order valence-electron chi connectivity index (χ1n) is 14.2. The third kappa shape index (κ3) is 7.09. The van der Waals surface area contributed by atoms with E-state index in [1.165, 1.54) is 30.7 Å². The lowest BCUT2D eigenvalue weighted by Crippen LogP contribution is -2.45. The van der Waals surface area contributed by atoms with Crippen molar-refractivity contribution in [3.63, 3.8) is 0 Å². The van der Waals surface area contributed by atoms with Crippen LogP contribution in [0.2, 0.25) is 0 Å². The molecule has 1 saturated heterocycles. The van der Waals surface area contributed by atoms with Gasteiger partial charge in [-0.2, -0.15) is 5.09 Å². The minimum absolute atomic E-state index is 0.0246. The molecule has 4 N–H and O–H groups in total. The highest BCUT2D eigenvalue weighted by atomic mass is 32.1. The summed E-state index contributed by atoms with van der Waals surface area (Å²) in [5, 5.41) is 26.3. The van der Waals surface area contributed by atoms with Gasteiger partial charge in [-0.05, 0) is 63.2 Å². The number of fused-ring (bicyclic) bond motifs is 1. The molecule has 0 spiro atoms. The lowest BCUT2D eigenvalue weighted by atomic mass is 9.96. The van der Waals surface area contributed by atoms with Gasteiger partial charge in [0.1, 0.15) is 35.7 Å². The SMILES string of the molecule is C[C@H](N[P@@](=O)(OC[C@H]1O[C@@H](n2ccc(=O)[nH]c2=S)C(C)(O)[C@H]1O)Oc1cccc2ccccc12)C(=O)OC1CCCCC1. The van der Waals surface area contributed by atoms with Crippen LogP contribution in [0, 0.1) is 4.77 Å². The van der Waals surface area contributed by atoms with Crippen molar-refractivity contribution >= 4 is 36.7 Å². The van der Waals surface area contributed by atoms with Crippen molar-refractivity contribution in [2.24, 2.45) is 0 Å². The summed E-state index contributed by atoms with van der Waals surface area (Å²) in [7, 11) is -4.34. The Kier molecular flexibility index (Phi) is 9.52. The minimum atomic E-state index is -4.34. The third-order valence-electron chi connectivity index (χ3n) is 7.78. The van der Waals surface area contributed by atoms with Crippen LogP contribution in [-0.4, -0.2) is 62.3 Å². The van der Waals surface area contributed by atoms with E-state index >= 15 is 0 Å². The Morgan fingerprint density at radius 2 is 1.93 bits per heavy atom. The second kappa shape index (κ2) is 13.0. The molecule has 0 radical (unpaired) electrons. The first-order valence-corrected chi connectivity index (χ1v) is 16.2. The molecule has 6 atom stereocenters. The number of aliphatic hydroxyl groups is 2. The zero-order valence-corrected chi connectivity index (χ0v) is 25.6. The van der Waals surface area contributed by atoms with Crippen molar-refractivity contribution in [3.8, 4) is 5.75 Å². The predicted molar refractivity (Wildman–Crippen MR) is 160 cm³/mol.